The lowest BCUT2D eigenvalue weighted by Crippen LogP contribution is -2.02. The van der Waals surface area contributed by atoms with E-state index in [0.29, 0.717) is 30.8 Å². The molecule has 0 fully saturated rings. The van der Waals surface area contributed by atoms with Gasteiger partial charge in [-0.25, -0.2) is 0 Å². The molecule has 0 aromatic heterocycles. The van der Waals surface area contributed by atoms with E-state index in [4.69, 9.17) is 4.74 Å². The lowest BCUT2D eigenvalue weighted by atomic mass is 10.0. The van der Waals surface area contributed by atoms with Crippen LogP contribution in [0.5, 0.6) is 0 Å². The molecule has 27 heavy (non-hydrogen) atoms. The molecule has 0 aliphatic heterocycles. The Balaban J connectivity index is 1.80. The number of aldehydes is 1. The Labute approximate surface area is 161 Å². The predicted octanol–water partition coefficient (Wildman–Crippen LogP) is 5.31. The zero-order chi connectivity index (χ0) is 19.5. The normalized spacial score (nSPS) is 12.1. The van der Waals surface area contributed by atoms with Crippen molar-refractivity contribution in [3.63, 3.8) is 0 Å². The Morgan fingerprint density at radius 1 is 0.889 bits per heavy atom. The number of hydrogen-bond donors (Lipinski definition) is 0. The standard InChI is InChI=1S/C24H26O3/c1-19(15-16-25)7-6-8-20(2)17-27-18-21-11-13-23(14-12-21)24(26)22-9-4-3-5-10-22/h3-5,7-14,16H,6,15,17-18H2,1-2H3. The van der Waals surface area contributed by atoms with Crippen molar-refractivity contribution in [2.45, 2.75) is 33.3 Å². The van der Waals surface area contributed by atoms with Crippen LogP contribution in [-0.4, -0.2) is 18.7 Å². The van der Waals surface area contributed by atoms with Crippen molar-refractivity contribution in [3.05, 3.63) is 94.6 Å². The van der Waals surface area contributed by atoms with Crippen LogP contribution in [0.2, 0.25) is 0 Å². The van der Waals surface area contributed by atoms with E-state index in [-0.39, 0.29) is 5.78 Å². The van der Waals surface area contributed by atoms with Crippen molar-refractivity contribution in [2.75, 3.05) is 6.61 Å². The van der Waals surface area contributed by atoms with Gasteiger partial charge in [-0.1, -0.05) is 77.9 Å². The molecule has 3 nitrogen and oxygen atoms in total. The zero-order valence-electron chi connectivity index (χ0n) is 16.0. The average molecular weight is 362 g/mol. The molecule has 0 saturated heterocycles. The number of allylic oxidation sites excluding steroid dienone is 3. The van der Waals surface area contributed by atoms with Crippen LogP contribution in [0.4, 0.5) is 0 Å². The number of ether oxygens (including phenoxy) is 1. The molecule has 0 saturated carbocycles. The Hall–Kier alpha value is -2.78. The first-order valence-corrected chi connectivity index (χ1v) is 9.11. The van der Waals surface area contributed by atoms with E-state index in [2.05, 4.69) is 12.2 Å². The monoisotopic (exact) mass is 362 g/mol. The van der Waals surface area contributed by atoms with Crippen LogP contribution < -0.4 is 0 Å². The van der Waals surface area contributed by atoms with Gasteiger partial charge in [0.15, 0.2) is 5.78 Å². The van der Waals surface area contributed by atoms with Gasteiger partial charge in [0.05, 0.1) is 13.2 Å². The Kier molecular flexibility index (Phi) is 8.40. The summed E-state index contributed by atoms with van der Waals surface area (Å²) in [6, 6.07) is 16.8. The molecule has 0 unspecified atom stereocenters. The van der Waals surface area contributed by atoms with Gasteiger partial charge >= 0.3 is 0 Å². The van der Waals surface area contributed by atoms with Crippen molar-refractivity contribution >= 4 is 12.1 Å². The highest BCUT2D eigenvalue weighted by Gasteiger charge is 2.08. The first kappa shape index (κ1) is 20.5. The van der Waals surface area contributed by atoms with E-state index >= 15 is 0 Å². The summed E-state index contributed by atoms with van der Waals surface area (Å²) in [5, 5.41) is 0. The van der Waals surface area contributed by atoms with Gasteiger partial charge in [-0.2, -0.15) is 0 Å². The van der Waals surface area contributed by atoms with Gasteiger partial charge in [0.1, 0.15) is 6.29 Å². The first-order chi connectivity index (χ1) is 13.1. The molecule has 0 aliphatic rings. The van der Waals surface area contributed by atoms with Gasteiger partial charge in [-0.3, -0.25) is 4.79 Å². The lowest BCUT2D eigenvalue weighted by molar-refractivity contribution is -0.107. The number of carbonyl (C=O) groups excluding carboxylic acids is 2. The van der Waals surface area contributed by atoms with E-state index in [1.165, 1.54) is 0 Å². The minimum absolute atomic E-state index is 0.0276. The quantitative estimate of drug-likeness (QED) is 0.327. The van der Waals surface area contributed by atoms with Crippen LogP contribution >= 0.6 is 0 Å². The number of benzene rings is 2. The maximum Gasteiger partial charge on any atom is 0.193 e. The maximum atomic E-state index is 12.4. The largest absolute Gasteiger partial charge is 0.372 e. The van der Waals surface area contributed by atoms with Crippen LogP contribution in [0, 0.1) is 0 Å². The molecule has 0 bridgehead atoms. The summed E-state index contributed by atoms with van der Waals surface area (Å²) in [5.41, 5.74) is 4.65. The number of rotatable bonds is 10. The highest BCUT2D eigenvalue weighted by molar-refractivity contribution is 6.08. The van der Waals surface area contributed by atoms with Crippen LogP contribution in [0.25, 0.3) is 0 Å². The summed E-state index contributed by atoms with van der Waals surface area (Å²) in [6.07, 6.45) is 6.39. The van der Waals surface area contributed by atoms with Gasteiger partial charge in [0.2, 0.25) is 0 Å². The zero-order valence-corrected chi connectivity index (χ0v) is 16.0. The topological polar surface area (TPSA) is 43.4 Å². The molecule has 0 spiro atoms. The average Bonchev–Trinajstić information content (AvgIpc) is 2.69. The second-order valence-electron chi connectivity index (χ2n) is 6.59. The van der Waals surface area contributed by atoms with Crippen LogP contribution in [-0.2, 0) is 16.1 Å². The van der Waals surface area contributed by atoms with Gasteiger partial charge in [-0.05, 0) is 25.8 Å². The highest BCUT2D eigenvalue weighted by Crippen LogP contribution is 2.12. The molecule has 2 aromatic rings. The van der Waals surface area contributed by atoms with Crippen LogP contribution in [0.3, 0.4) is 0 Å². The third kappa shape index (κ3) is 7.16. The number of carbonyl (C=O) groups is 2. The predicted molar refractivity (Wildman–Crippen MR) is 109 cm³/mol. The Bertz CT molecular complexity index is 799. The summed E-state index contributed by atoms with van der Waals surface area (Å²) in [6.45, 7) is 5.06. The summed E-state index contributed by atoms with van der Waals surface area (Å²) < 4.78 is 5.74. The van der Waals surface area contributed by atoms with Crippen LogP contribution in [0.15, 0.2) is 77.9 Å². The van der Waals surface area contributed by atoms with E-state index in [0.717, 1.165) is 29.4 Å². The summed E-state index contributed by atoms with van der Waals surface area (Å²) >= 11 is 0. The van der Waals surface area contributed by atoms with Gasteiger partial charge < -0.3 is 9.53 Å². The summed E-state index contributed by atoms with van der Waals surface area (Å²) in [4.78, 5) is 22.8. The lowest BCUT2D eigenvalue weighted by Gasteiger charge is -2.06. The molecular formula is C24H26O3. The van der Waals surface area contributed by atoms with Gasteiger partial charge in [0.25, 0.3) is 0 Å². The molecule has 0 atom stereocenters. The molecule has 2 rings (SSSR count). The molecule has 0 heterocycles. The molecule has 140 valence electrons. The van der Waals surface area contributed by atoms with Gasteiger partial charge in [-0.15, -0.1) is 0 Å². The molecule has 0 N–H and O–H groups in total. The molecule has 0 amide bonds. The van der Waals surface area contributed by atoms with E-state index in [1.54, 1.807) is 0 Å². The highest BCUT2D eigenvalue weighted by atomic mass is 16.5. The second-order valence-corrected chi connectivity index (χ2v) is 6.59. The SMILES string of the molecule is CC(=CCC=C(C)COCc1ccc(C(=O)c2ccccc2)cc1)CC=O. The molecular weight excluding hydrogens is 336 g/mol. The smallest absolute Gasteiger partial charge is 0.193 e. The van der Waals surface area contributed by atoms with Crippen molar-refractivity contribution in [2.24, 2.45) is 0 Å². The number of ketones is 1. The maximum absolute atomic E-state index is 12.4. The number of hydrogen-bond acceptors (Lipinski definition) is 3. The van der Waals surface area contributed by atoms with E-state index < -0.39 is 0 Å². The molecule has 0 aliphatic carbocycles. The Morgan fingerprint density at radius 3 is 2.19 bits per heavy atom. The van der Waals surface area contributed by atoms with Crippen molar-refractivity contribution in [1.82, 2.24) is 0 Å². The molecule has 2 aromatic carbocycles. The third-order valence-corrected chi connectivity index (χ3v) is 4.19. The first-order valence-electron chi connectivity index (χ1n) is 9.11. The summed E-state index contributed by atoms with van der Waals surface area (Å²) in [7, 11) is 0. The fourth-order valence-electron chi connectivity index (χ4n) is 2.57. The van der Waals surface area contributed by atoms with E-state index in [9.17, 15) is 9.59 Å². The molecule has 3 heteroatoms. The van der Waals surface area contributed by atoms with Crippen molar-refractivity contribution < 1.29 is 14.3 Å². The second kappa shape index (κ2) is 11.0. The summed E-state index contributed by atoms with van der Waals surface area (Å²) in [5.74, 6) is 0.0276. The van der Waals surface area contributed by atoms with E-state index in [1.807, 2.05) is 68.4 Å². The van der Waals surface area contributed by atoms with Crippen LogP contribution in [0.1, 0.15) is 48.2 Å². The minimum atomic E-state index is 0.0276. The fourth-order valence-corrected chi connectivity index (χ4v) is 2.57. The van der Waals surface area contributed by atoms with Gasteiger partial charge in [0, 0.05) is 17.5 Å². The third-order valence-electron chi connectivity index (χ3n) is 4.19. The Morgan fingerprint density at radius 2 is 1.52 bits per heavy atom. The van der Waals surface area contributed by atoms with Crippen molar-refractivity contribution in [3.8, 4) is 0 Å². The van der Waals surface area contributed by atoms with Crippen molar-refractivity contribution in [1.29, 1.82) is 0 Å². The molecule has 0 radical (unpaired) electrons. The fraction of sp³-hybridized carbons (Fsp3) is 0.250. The minimum Gasteiger partial charge on any atom is -0.372 e.